The van der Waals surface area contributed by atoms with E-state index in [9.17, 15) is 13.2 Å². The Morgan fingerprint density at radius 1 is 1.04 bits per heavy atom. The maximum Gasteiger partial charge on any atom is 0.251 e. The van der Waals surface area contributed by atoms with Gasteiger partial charge in [-0.05, 0) is 56.5 Å². The largest absolute Gasteiger partial charge is 0.350 e. The Morgan fingerprint density at radius 2 is 1.68 bits per heavy atom. The summed E-state index contributed by atoms with van der Waals surface area (Å²) < 4.78 is 25.5. The minimum absolute atomic E-state index is 0.00810. The molecule has 0 bridgehead atoms. The van der Waals surface area contributed by atoms with Gasteiger partial charge in [-0.25, -0.2) is 8.42 Å². The van der Waals surface area contributed by atoms with Gasteiger partial charge in [-0.3, -0.25) is 9.52 Å². The summed E-state index contributed by atoms with van der Waals surface area (Å²) in [7, 11) is -3.31. The van der Waals surface area contributed by atoms with Crippen molar-refractivity contribution in [3.05, 3.63) is 65.7 Å². The van der Waals surface area contributed by atoms with Gasteiger partial charge < -0.3 is 5.32 Å². The first-order valence-corrected chi connectivity index (χ1v) is 10.00. The summed E-state index contributed by atoms with van der Waals surface area (Å²) >= 11 is 0. The van der Waals surface area contributed by atoms with Gasteiger partial charge in [0.25, 0.3) is 5.91 Å². The molecular formula is C19H24N2O3S. The van der Waals surface area contributed by atoms with E-state index >= 15 is 0 Å². The van der Waals surface area contributed by atoms with Crippen LogP contribution in [0.2, 0.25) is 0 Å². The second-order valence-electron chi connectivity index (χ2n) is 5.98. The molecule has 0 saturated carbocycles. The summed E-state index contributed by atoms with van der Waals surface area (Å²) in [5.41, 5.74) is 2.21. The zero-order valence-corrected chi connectivity index (χ0v) is 15.3. The molecule has 0 aliphatic carbocycles. The molecule has 0 spiro atoms. The number of carbonyl (C=O) groups is 1. The van der Waals surface area contributed by atoms with Crippen LogP contribution in [0.15, 0.2) is 54.6 Å². The lowest BCUT2D eigenvalue weighted by molar-refractivity contribution is 0.0938. The van der Waals surface area contributed by atoms with Crippen LogP contribution < -0.4 is 10.0 Å². The number of anilines is 1. The summed E-state index contributed by atoms with van der Waals surface area (Å²) in [5.74, 6) is -0.154. The fourth-order valence-corrected chi connectivity index (χ4v) is 2.99. The molecule has 0 heterocycles. The number of amides is 1. The van der Waals surface area contributed by atoms with Crippen molar-refractivity contribution in [2.75, 3.05) is 10.5 Å². The molecule has 0 aliphatic heterocycles. The van der Waals surface area contributed by atoms with Crippen LogP contribution in [0.4, 0.5) is 5.69 Å². The number of rotatable bonds is 8. The van der Waals surface area contributed by atoms with Gasteiger partial charge in [0.05, 0.1) is 5.75 Å². The van der Waals surface area contributed by atoms with Crippen molar-refractivity contribution in [1.29, 1.82) is 0 Å². The summed E-state index contributed by atoms with van der Waals surface area (Å²) in [5, 5.41) is 2.97. The lowest BCUT2D eigenvalue weighted by Crippen LogP contribution is -2.32. The Labute approximate surface area is 149 Å². The molecule has 5 nitrogen and oxygen atoms in total. The van der Waals surface area contributed by atoms with Crippen LogP contribution in [0.1, 0.15) is 36.2 Å². The average Bonchev–Trinajstić information content (AvgIpc) is 2.61. The molecule has 0 fully saturated rings. The van der Waals surface area contributed by atoms with E-state index in [1.165, 1.54) is 5.56 Å². The van der Waals surface area contributed by atoms with Crippen LogP contribution in [0, 0.1) is 0 Å². The molecule has 25 heavy (non-hydrogen) atoms. The van der Waals surface area contributed by atoms with Crippen molar-refractivity contribution >= 4 is 21.6 Å². The Hall–Kier alpha value is -2.34. The minimum Gasteiger partial charge on any atom is -0.350 e. The summed E-state index contributed by atoms with van der Waals surface area (Å²) in [6.45, 7) is 3.55. The summed E-state index contributed by atoms with van der Waals surface area (Å²) in [6, 6.07) is 16.6. The molecular weight excluding hydrogens is 336 g/mol. The highest BCUT2D eigenvalue weighted by Gasteiger charge is 2.11. The number of nitrogens with one attached hydrogen (secondary N) is 2. The Balaban J connectivity index is 1.87. The molecule has 134 valence electrons. The molecule has 0 aromatic heterocycles. The fourth-order valence-electron chi connectivity index (χ4n) is 2.35. The van der Waals surface area contributed by atoms with E-state index in [2.05, 4.69) is 22.2 Å². The van der Waals surface area contributed by atoms with Crippen molar-refractivity contribution in [2.45, 2.75) is 32.7 Å². The molecule has 2 rings (SSSR count). The third kappa shape index (κ3) is 6.23. The maximum absolute atomic E-state index is 12.3. The van der Waals surface area contributed by atoms with Crippen LogP contribution in [0.25, 0.3) is 0 Å². The Kier molecular flexibility index (Phi) is 6.58. The van der Waals surface area contributed by atoms with Gasteiger partial charge in [0.1, 0.15) is 0 Å². The molecule has 2 aromatic rings. The topological polar surface area (TPSA) is 75.3 Å². The van der Waals surface area contributed by atoms with Crippen LogP contribution in [0.5, 0.6) is 0 Å². The van der Waals surface area contributed by atoms with E-state index < -0.39 is 10.0 Å². The van der Waals surface area contributed by atoms with Gasteiger partial charge in [0, 0.05) is 17.3 Å². The van der Waals surface area contributed by atoms with Gasteiger partial charge >= 0.3 is 0 Å². The highest BCUT2D eigenvalue weighted by atomic mass is 32.2. The van der Waals surface area contributed by atoms with Crippen molar-refractivity contribution < 1.29 is 13.2 Å². The molecule has 0 aliphatic rings. The molecule has 0 saturated heterocycles. The van der Waals surface area contributed by atoms with Crippen LogP contribution in [-0.4, -0.2) is 26.1 Å². The average molecular weight is 360 g/mol. The third-order valence-electron chi connectivity index (χ3n) is 3.89. The van der Waals surface area contributed by atoms with E-state index in [1.54, 1.807) is 31.2 Å². The molecule has 1 unspecified atom stereocenters. The van der Waals surface area contributed by atoms with Gasteiger partial charge in [0.15, 0.2) is 0 Å². The molecule has 1 atom stereocenters. The maximum atomic E-state index is 12.3. The quantitative estimate of drug-likeness (QED) is 0.759. The standard InChI is InChI=1S/C19H24N2O3S/c1-3-25(23,24)21-18-13-11-17(12-14-18)19(22)20-15(2)9-10-16-7-5-4-6-8-16/h4-8,11-15,21H,3,9-10H2,1-2H3,(H,20,22). The first-order valence-electron chi connectivity index (χ1n) is 8.35. The number of aryl methyl sites for hydroxylation is 1. The van der Waals surface area contributed by atoms with Gasteiger partial charge in [-0.1, -0.05) is 30.3 Å². The van der Waals surface area contributed by atoms with Gasteiger partial charge in [-0.2, -0.15) is 0 Å². The van der Waals surface area contributed by atoms with E-state index in [0.29, 0.717) is 11.3 Å². The minimum atomic E-state index is -3.31. The second kappa shape index (κ2) is 8.67. The number of hydrogen-bond acceptors (Lipinski definition) is 3. The first kappa shape index (κ1) is 19.0. The van der Waals surface area contributed by atoms with Crippen molar-refractivity contribution in [3.8, 4) is 0 Å². The highest BCUT2D eigenvalue weighted by molar-refractivity contribution is 7.92. The van der Waals surface area contributed by atoms with Crippen LogP contribution in [-0.2, 0) is 16.4 Å². The number of benzene rings is 2. The third-order valence-corrected chi connectivity index (χ3v) is 5.19. The Bertz CT molecular complexity index is 787. The second-order valence-corrected chi connectivity index (χ2v) is 7.99. The Morgan fingerprint density at radius 3 is 2.28 bits per heavy atom. The van der Waals surface area contributed by atoms with Crippen molar-refractivity contribution in [3.63, 3.8) is 0 Å². The van der Waals surface area contributed by atoms with Gasteiger partial charge in [0.2, 0.25) is 10.0 Å². The monoisotopic (exact) mass is 360 g/mol. The fraction of sp³-hybridized carbons (Fsp3) is 0.316. The van der Waals surface area contributed by atoms with Crippen molar-refractivity contribution in [1.82, 2.24) is 5.32 Å². The molecule has 2 N–H and O–H groups in total. The van der Waals surface area contributed by atoms with Gasteiger partial charge in [-0.15, -0.1) is 0 Å². The molecule has 2 aromatic carbocycles. The number of sulfonamides is 1. The van der Waals surface area contributed by atoms with E-state index in [-0.39, 0.29) is 17.7 Å². The van der Waals surface area contributed by atoms with E-state index in [4.69, 9.17) is 0 Å². The SMILES string of the molecule is CCS(=O)(=O)Nc1ccc(C(=O)NC(C)CCc2ccccc2)cc1. The normalized spacial score (nSPS) is 12.4. The number of carbonyl (C=O) groups excluding carboxylic acids is 1. The molecule has 6 heteroatoms. The summed E-state index contributed by atoms with van der Waals surface area (Å²) in [6.07, 6.45) is 1.75. The first-order chi connectivity index (χ1) is 11.9. The lowest BCUT2D eigenvalue weighted by Gasteiger charge is -2.14. The van der Waals surface area contributed by atoms with Crippen molar-refractivity contribution in [2.24, 2.45) is 0 Å². The van der Waals surface area contributed by atoms with E-state index in [0.717, 1.165) is 12.8 Å². The van der Waals surface area contributed by atoms with E-state index in [1.807, 2.05) is 25.1 Å². The zero-order valence-electron chi connectivity index (χ0n) is 14.5. The summed E-state index contributed by atoms with van der Waals surface area (Å²) in [4.78, 5) is 12.3. The molecule has 0 radical (unpaired) electrons. The molecule has 1 amide bonds. The predicted octanol–water partition coefficient (Wildman–Crippen LogP) is 3.20. The van der Waals surface area contributed by atoms with Crippen LogP contribution >= 0.6 is 0 Å². The lowest BCUT2D eigenvalue weighted by atomic mass is 10.1. The zero-order chi connectivity index (χ0) is 18.3. The smallest absolute Gasteiger partial charge is 0.251 e. The predicted molar refractivity (Wildman–Crippen MR) is 101 cm³/mol. The highest BCUT2D eigenvalue weighted by Crippen LogP contribution is 2.12. The van der Waals surface area contributed by atoms with Crippen LogP contribution in [0.3, 0.4) is 0 Å². The number of hydrogen-bond donors (Lipinski definition) is 2.